The third kappa shape index (κ3) is 3.54. The molecule has 0 bridgehead atoms. The Morgan fingerprint density at radius 3 is 2.79 bits per heavy atom. The van der Waals surface area contributed by atoms with Gasteiger partial charge in [-0.3, -0.25) is 14.6 Å². The van der Waals surface area contributed by atoms with Gasteiger partial charge in [0.2, 0.25) is 11.8 Å². The molecule has 0 aromatic carbocycles. The molecule has 8 heteroatoms. The lowest BCUT2D eigenvalue weighted by atomic mass is 9.96. The summed E-state index contributed by atoms with van der Waals surface area (Å²) in [5.41, 5.74) is 8.17. The number of nitrogens with zero attached hydrogens (tertiary/aromatic N) is 5. The molecule has 0 saturated carbocycles. The molecule has 2 aliphatic heterocycles. The van der Waals surface area contributed by atoms with Crippen molar-refractivity contribution in [3.63, 3.8) is 0 Å². The van der Waals surface area contributed by atoms with Crippen LogP contribution in [-0.4, -0.2) is 51.3 Å². The largest absolute Gasteiger partial charge is 0.369 e. The number of anilines is 1. The van der Waals surface area contributed by atoms with Crippen molar-refractivity contribution in [1.82, 2.24) is 19.9 Å². The first-order valence-electron chi connectivity index (χ1n) is 9.64. The van der Waals surface area contributed by atoms with Gasteiger partial charge in [-0.25, -0.2) is 9.97 Å². The Bertz CT molecular complexity index is 901. The quantitative estimate of drug-likeness (QED) is 0.856. The van der Waals surface area contributed by atoms with Gasteiger partial charge in [0.05, 0.1) is 18.2 Å². The van der Waals surface area contributed by atoms with Crippen LogP contribution in [0.15, 0.2) is 24.4 Å². The number of piperidine rings is 1. The summed E-state index contributed by atoms with van der Waals surface area (Å²) in [4.78, 5) is 41.5. The molecule has 1 atom stereocenters. The van der Waals surface area contributed by atoms with Crippen LogP contribution < -0.4 is 10.6 Å². The Kier molecular flexibility index (Phi) is 4.93. The summed E-state index contributed by atoms with van der Waals surface area (Å²) >= 11 is 0. The first kappa shape index (κ1) is 18.3. The maximum atomic E-state index is 11.9. The molecular weight excluding hydrogens is 356 g/mol. The molecule has 2 amide bonds. The van der Waals surface area contributed by atoms with Gasteiger partial charge in [-0.15, -0.1) is 0 Å². The third-order valence-corrected chi connectivity index (χ3v) is 5.51. The molecule has 2 aromatic rings. The number of carbonyl (C=O) groups excluding carboxylic acids is 2. The third-order valence-electron chi connectivity index (χ3n) is 5.51. The van der Waals surface area contributed by atoms with Crippen LogP contribution in [0.25, 0.3) is 11.5 Å². The number of carbonyl (C=O) groups is 2. The smallest absolute Gasteiger partial charge is 0.222 e. The number of rotatable bonds is 3. The number of hydrogen-bond donors (Lipinski definition) is 1. The fourth-order valence-electron chi connectivity index (χ4n) is 3.95. The van der Waals surface area contributed by atoms with Crippen molar-refractivity contribution in [1.29, 1.82) is 0 Å². The lowest BCUT2D eigenvalue weighted by Gasteiger charge is -2.36. The van der Waals surface area contributed by atoms with Crippen LogP contribution in [0.1, 0.15) is 31.0 Å². The number of amides is 2. The molecule has 4 rings (SSSR count). The maximum Gasteiger partial charge on any atom is 0.222 e. The lowest BCUT2D eigenvalue weighted by Crippen LogP contribution is -2.43. The van der Waals surface area contributed by atoms with Crippen molar-refractivity contribution < 1.29 is 9.59 Å². The summed E-state index contributed by atoms with van der Waals surface area (Å²) in [6.07, 6.45) is 4.11. The Balaban J connectivity index is 1.77. The molecule has 2 aromatic heterocycles. The summed E-state index contributed by atoms with van der Waals surface area (Å²) in [6, 6.07) is 5.62. The molecule has 0 spiro atoms. The molecule has 146 valence electrons. The maximum absolute atomic E-state index is 11.9. The number of nitrogens with two attached hydrogens (primary N) is 1. The summed E-state index contributed by atoms with van der Waals surface area (Å²) in [5.74, 6) is 0.994. The van der Waals surface area contributed by atoms with E-state index in [-0.39, 0.29) is 17.7 Å². The van der Waals surface area contributed by atoms with Crippen LogP contribution in [0.4, 0.5) is 5.82 Å². The fraction of sp³-hybridized carbons (Fsp3) is 0.450. The lowest BCUT2D eigenvalue weighted by molar-refractivity contribution is -0.129. The molecule has 1 fully saturated rings. The zero-order valence-corrected chi connectivity index (χ0v) is 16.0. The van der Waals surface area contributed by atoms with Gasteiger partial charge in [0.15, 0.2) is 5.82 Å². The highest BCUT2D eigenvalue weighted by atomic mass is 16.2. The zero-order valence-electron chi connectivity index (χ0n) is 16.0. The molecule has 1 saturated heterocycles. The molecular formula is C20H24N6O2. The van der Waals surface area contributed by atoms with Crippen LogP contribution in [-0.2, 0) is 22.6 Å². The van der Waals surface area contributed by atoms with Gasteiger partial charge in [0.1, 0.15) is 11.5 Å². The van der Waals surface area contributed by atoms with Crippen LogP contribution in [0.5, 0.6) is 0 Å². The monoisotopic (exact) mass is 380 g/mol. The fourth-order valence-corrected chi connectivity index (χ4v) is 3.95. The van der Waals surface area contributed by atoms with E-state index in [0.29, 0.717) is 37.6 Å². The van der Waals surface area contributed by atoms with E-state index in [9.17, 15) is 9.59 Å². The van der Waals surface area contributed by atoms with Crippen molar-refractivity contribution >= 4 is 17.6 Å². The second kappa shape index (κ2) is 7.53. The number of hydrogen-bond acceptors (Lipinski definition) is 6. The predicted octanol–water partition coefficient (Wildman–Crippen LogP) is 1.14. The average molecular weight is 380 g/mol. The summed E-state index contributed by atoms with van der Waals surface area (Å²) < 4.78 is 0. The van der Waals surface area contributed by atoms with E-state index in [4.69, 9.17) is 15.7 Å². The summed E-state index contributed by atoms with van der Waals surface area (Å²) in [6.45, 7) is 4.08. The summed E-state index contributed by atoms with van der Waals surface area (Å²) in [5, 5.41) is 0. The molecule has 28 heavy (non-hydrogen) atoms. The molecule has 8 nitrogen and oxygen atoms in total. The van der Waals surface area contributed by atoms with Crippen LogP contribution >= 0.6 is 0 Å². The highest BCUT2D eigenvalue weighted by molar-refractivity contribution is 5.78. The topological polar surface area (TPSA) is 105 Å². The van der Waals surface area contributed by atoms with E-state index in [2.05, 4.69) is 9.88 Å². The second-order valence-corrected chi connectivity index (χ2v) is 7.39. The average Bonchev–Trinajstić information content (AvgIpc) is 2.73. The molecule has 2 aliphatic rings. The molecule has 0 radical (unpaired) electrons. The first-order chi connectivity index (χ1) is 13.5. The highest BCUT2D eigenvalue weighted by Crippen LogP contribution is 2.31. The zero-order chi connectivity index (χ0) is 19.7. The van der Waals surface area contributed by atoms with Gasteiger partial charge in [-0.05, 0) is 31.4 Å². The second-order valence-electron chi connectivity index (χ2n) is 7.39. The van der Waals surface area contributed by atoms with Gasteiger partial charge in [-0.1, -0.05) is 6.07 Å². The number of aromatic nitrogens is 3. The van der Waals surface area contributed by atoms with E-state index >= 15 is 0 Å². The number of primary amides is 1. The van der Waals surface area contributed by atoms with E-state index in [1.54, 1.807) is 18.0 Å². The Morgan fingerprint density at radius 2 is 2.07 bits per heavy atom. The van der Waals surface area contributed by atoms with E-state index < -0.39 is 0 Å². The van der Waals surface area contributed by atoms with Gasteiger partial charge in [0, 0.05) is 38.3 Å². The number of pyridine rings is 1. The summed E-state index contributed by atoms with van der Waals surface area (Å²) in [7, 11) is 0. The minimum Gasteiger partial charge on any atom is -0.369 e. The Morgan fingerprint density at radius 1 is 1.21 bits per heavy atom. The minimum absolute atomic E-state index is 0.0389. The van der Waals surface area contributed by atoms with Crippen LogP contribution in [0.2, 0.25) is 0 Å². The molecule has 0 aliphatic carbocycles. The Labute approximate surface area is 163 Å². The van der Waals surface area contributed by atoms with Crippen molar-refractivity contribution in [3.05, 3.63) is 35.7 Å². The van der Waals surface area contributed by atoms with Gasteiger partial charge >= 0.3 is 0 Å². The standard InChI is InChI=1S/C20H24N6O2/c1-13(27)25-10-7-15-17(12-25)23-19(16-6-2-3-8-22-16)24-20(15)26-9-4-5-14(11-26)18(21)28/h2-3,6,8,14H,4-5,7,9-12H2,1H3,(H2,21,28)/t14-/m1/s1. The molecule has 2 N–H and O–H groups in total. The van der Waals surface area contributed by atoms with Gasteiger partial charge in [0.25, 0.3) is 0 Å². The first-order valence-corrected chi connectivity index (χ1v) is 9.64. The SMILES string of the molecule is CC(=O)N1CCc2c(nc(-c3ccccn3)nc2N2CCC[C@@H](C(N)=O)C2)C1. The van der Waals surface area contributed by atoms with Crippen LogP contribution in [0, 0.1) is 5.92 Å². The van der Waals surface area contributed by atoms with Crippen molar-refractivity contribution in [2.24, 2.45) is 11.7 Å². The minimum atomic E-state index is -0.264. The number of fused-ring (bicyclic) bond motifs is 1. The Hall–Kier alpha value is -3.03. The van der Waals surface area contributed by atoms with Crippen LogP contribution in [0.3, 0.4) is 0 Å². The van der Waals surface area contributed by atoms with E-state index in [0.717, 1.165) is 36.5 Å². The highest BCUT2D eigenvalue weighted by Gasteiger charge is 2.30. The van der Waals surface area contributed by atoms with Crippen molar-refractivity contribution in [2.75, 3.05) is 24.5 Å². The van der Waals surface area contributed by atoms with Gasteiger partial charge < -0.3 is 15.5 Å². The van der Waals surface area contributed by atoms with E-state index in [1.165, 1.54) is 0 Å². The normalized spacial score (nSPS) is 19.2. The predicted molar refractivity (Wildman–Crippen MR) is 104 cm³/mol. The molecule has 0 unspecified atom stereocenters. The molecule has 4 heterocycles. The van der Waals surface area contributed by atoms with Crippen molar-refractivity contribution in [3.8, 4) is 11.5 Å². The van der Waals surface area contributed by atoms with Crippen molar-refractivity contribution in [2.45, 2.75) is 32.7 Å². The van der Waals surface area contributed by atoms with E-state index in [1.807, 2.05) is 18.2 Å². The van der Waals surface area contributed by atoms with Gasteiger partial charge in [-0.2, -0.15) is 0 Å².